The molecule has 2 saturated heterocycles. The van der Waals surface area contributed by atoms with Gasteiger partial charge in [-0.1, -0.05) is 12.1 Å². The standard InChI is InChI=1S/C25H23F2N5O3/c1-13-7-18(14(2)29-20-6-4-3-5-17(20)24(34)35)22-30-21(19(9-28)23(33)32(22)10-13)31-11-15-8-16(12-31)25(15,26)27/h3-7,10,14-16,29H,8,11-12H2,1-2H3,(H,34,35). The summed E-state index contributed by atoms with van der Waals surface area (Å²) in [4.78, 5) is 31.2. The van der Waals surface area contributed by atoms with Crippen molar-refractivity contribution in [3.63, 3.8) is 0 Å². The van der Waals surface area contributed by atoms with Gasteiger partial charge in [0.15, 0.2) is 11.4 Å². The lowest BCUT2D eigenvalue weighted by molar-refractivity contribution is -0.194. The number of aryl methyl sites for hydroxylation is 1. The molecule has 2 bridgehead atoms. The minimum absolute atomic E-state index is 0.0295. The molecule has 1 aromatic carbocycles. The highest BCUT2D eigenvalue weighted by Gasteiger charge is 2.61. The SMILES string of the molecule is Cc1cc(C(C)Nc2ccccc2C(=O)O)c2nc(N3CC4CC(C3)C4(F)F)c(C#N)c(=O)n2c1. The van der Waals surface area contributed by atoms with Crippen LogP contribution in [0.2, 0.25) is 0 Å². The van der Waals surface area contributed by atoms with E-state index < -0.39 is 35.3 Å². The normalized spacial score (nSPS) is 21.2. The Morgan fingerprint density at radius 2 is 2.00 bits per heavy atom. The third-order valence-electron chi connectivity index (χ3n) is 7.02. The Hall–Kier alpha value is -4.00. The summed E-state index contributed by atoms with van der Waals surface area (Å²) in [6.45, 7) is 3.67. The summed E-state index contributed by atoms with van der Waals surface area (Å²) in [5.41, 5.74) is 1.40. The van der Waals surface area contributed by atoms with Gasteiger partial charge in [0.1, 0.15) is 11.7 Å². The van der Waals surface area contributed by atoms with Crippen LogP contribution in [0.3, 0.4) is 0 Å². The Balaban J connectivity index is 1.61. The number of halogens is 2. The largest absolute Gasteiger partial charge is 0.478 e. The van der Waals surface area contributed by atoms with E-state index in [9.17, 15) is 28.7 Å². The highest BCUT2D eigenvalue weighted by atomic mass is 19.3. The topological polar surface area (TPSA) is 111 Å². The molecule has 180 valence electrons. The average molecular weight is 479 g/mol. The molecule has 4 heterocycles. The number of carboxylic acid groups (broad SMARTS) is 1. The van der Waals surface area contributed by atoms with Crippen LogP contribution in [0.4, 0.5) is 20.3 Å². The molecular formula is C25H23F2N5O3. The number of nitriles is 1. The second kappa shape index (κ2) is 8.05. The third-order valence-corrected chi connectivity index (χ3v) is 7.02. The number of hydrogen-bond donors (Lipinski definition) is 2. The molecule has 35 heavy (non-hydrogen) atoms. The van der Waals surface area contributed by atoms with Gasteiger partial charge in [0, 0.05) is 42.4 Å². The molecule has 2 aliphatic heterocycles. The van der Waals surface area contributed by atoms with Crippen molar-refractivity contribution in [1.29, 1.82) is 5.26 Å². The number of carbonyl (C=O) groups is 1. The molecule has 0 spiro atoms. The summed E-state index contributed by atoms with van der Waals surface area (Å²) in [5, 5.41) is 22.4. The molecule has 3 unspecified atom stereocenters. The maximum Gasteiger partial charge on any atom is 0.337 e. The first-order valence-electron chi connectivity index (χ1n) is 11.3. The molecule has 1 saturated carbocycles. The first-order chi connectivity index (χ1) is 16.6. The Labute approximate surface area is 199 Å². The van der Waals surface area contributed by atoms with Gasteiger partial charge < -0.3 is 15.3 Å². The number of fused-ring (bicyclic) bond motifs is 3. The summed E-state index contributed by atoms with van der Waals surface area (Å²) < 4.78 is 29.6. The maximum absolute atomic E-state index is 14.1. The highest BCUT2D eigenvalue weighted by molar-refractivity contribution is 5.94. The number of nitrogens with one attached hydrogen (secondary N) is 1. The van der Waals surface area contributed by atoms with Crippen LogP contribution in [-0.2, 0) is 0 Å². The average Bonchev–Trinajstić information content (AvgIpc) is 2.84. The minimum Gasteiger partial charge on any atom is -0.478 e. The zero-order valence-corrected chi connectivity index (χ0v) is 19.1. The lowest BCUT2D eigenvalue weighted by atomic mass is 9.67. The van der Waals surface area contributed by atoms with Crippen LogP contribution in [0.5, 0.6) is 0 Å². The van der Waals surface area contributed by atoms with E-state index in [0.29, 0.717) is 17.7 Å². The first-order valence-corrected chi connectivity index (χ1v) is 11.3. The molecule has 0 radical (unpaired) electrons. The summed E-state index contributed by atoms with van der Waals surface area (Å²) in [5.74, 6) is -5.33. The number of para-hydroxylation sites is 1. The fourth-order valence-corrected chi connectivity index (χ4v) is 5.15. The smallest absolute Gasteiger partial charge is 0.337 e. The van der Waals surface area contributed by atoms with Crippen molar-refractivity contribution >= 4 is 23.1 Å². The number of hydrogen-bond acceptors (Lipinski definition) is 6. The number of anilines is 2. The van der Waals surface area contributed by atoms with Crippen LogP contribution in [-0.4, -0.2) is 39.5 Å². The summed E-state index contributed by atoms with van der Waals surface area (Å²) in [7, 11) is 0. The summed E-state index contributed by atoms with van der Waals surface area (Å²) in [6.07, 6.45) is 2.00. The van der Waals surface area contributed by atoms with Gasteiger partial charge in [0.05, 0.1) is 11.6 Å². The van der Waals surface area contributed by atoms with E-state index in [1.54, 1.807) is 36.2 Å². The summed E-state index contributed by atoms with van der Waals surface area (Å²) >= 11 is 0. The Kier molecular flexibility index (Phi) is 5.24. The van der Waals surface area contributed by atoms with Crippen molar-refractivity contribution in [3.05, 3.63) is 69.1 Å². The highest BCUT2D eigenvalue weighted by Crippen LogP contribution is 2.53. The molecule has 2 N–H and O–H groups in total. The first kappa shape index (κ1) is 22.8. The van der Waals surface area contributed by atoms with Gasteiger partial charge in [-0.2, -0.15) is 5.26 Å². The van der Waals surface area contributed by atoms with Gasteiger partial charge >= 0.3 is 5.97 Å². The molecule has 6 rings (SSSR count). The summed E-state index contributed by atoms with van der Waals surface area (Å²) in [6, 6.07) is 9.78. The van der Waals surface area contributed by atoms with Crippen LogP contribution in [0, 0.1) is 30.1 Å². The quantitative estimate of drug-likeness (QED) is 0.572. The molecule has 2 aromatic heterocycles. The molecule has 10 heteroatoms. The number of rotatable bonds is 5. The van der Waals surface area contributed by atoms with Crippen LogP contribution in [0.15, 0.2) is 41.3 Å². The van der Waals surface area contributed by atoms with Gasteiger partial charge in [-0.15, -0.1) is 0 Å². The molecule has 1 aliphatic carbocycles. The van der Waals surface area contributed by atoms with E-state index in [4.69, 9.17) is 0 Å². The molecule has 3 aromatic rings. The number of pyridine rings is 1. The number of benzene rings is 1. The lowest BCUT2D eigenvalue weighted by Gasteiger charge is -2.53. The number of aromatic nitrogens is 2. The molecule has 3 aliphatic rings. The van der Waals surface area contributed by atoms with Crippen molar-refractivity contribution in [2.45, 2.75) is 32.2 Å². The zero-order valence-electron chi connectivity index (χ0n) is 19.1. The monoisotopic (exact) mass is 479 g/mol. The van der Waals surface area contributed by atoms with Crippen LogP contribution < -0.4 is 15.8 Å². The van der Waals surface area contributed by atoms with Crippen molar-refractivity contribution in [1.82, 2.24) is 9.38 Å². The van der Waals surface area contributed by atoms with E-state index >= 15 is 0 Å². The number of piperidine rings is 2. The molecule has 8 nitrogen and oxygen atoms in total. The van der Waals surface area contributed by atoms with E-state index in [1.807, 2.05) is 19.1 Å². The van der Waals surface area contributed by atoms with Crippen molar-refractivity contribution in [2.24, 2.45) is 11.8 Å². The van der Waals surface area contributed by atoms with Gasteiger partial charge in [0.25, 0.3) is 11.5 Å². The fourth-order valence-electron chi connectivity index (χ4n) is 5.15. The lowest BCUT2D eigenvalue weighted by Crippen LogP contribution is -2.63. The van der Waals surface area contributed by atoms with Crippen LogP contribution in [0.25, 0.3) is 5.65 Å². The van der Waals surface area contributed by atoms with Gasteiger partial charge in [-0.05, 0) is 44.0 Å². The predicted octanol–water partition coefficient (Wildman–Crippen LogP) is 3.84. The molecule has 3 atom stereocenters. The van der Waals surface area contributed by atoms with Crippen molar-refractivity contribution in [2.75, 3.05) is 23.3 Å². The second-order valence-electron chi connectivity index (χ2n) is 9.32. The van der Waals surface area contributed by atoms with Gasteiger partial charge in [0.2, 0.25) is 0 Å². The van der Waals surface area contributed by atoms with Gasteiger partial charge in [-0.3, -0.25) is 9.20 Å². The van der Waals surface area contributed by atoms with Crippen LogP contribution in [0.1, 0.15) is 46.4 Å². The van der Waals surface area contributed by atoms with Gasteiger partial charge in [-0.25, -0.2) is 18.6 Å². The zero-order chi connectivity index (χ0) is 25.1. The minimum atomic E-state index is -2.73. The van der Waals surface area contributed by atoms with E-state index in [0.717, 1.165) is 5.56 Å². The number of alkyl halides is 2. The molecule has 0 amide bonds. The Bertz CT molecular complexity index is 1450. The third kappa shape index (κ3) is 3.58. The molecule has 3 fully saturated rings. The van der Waals surface area contributed by atoms with Crippen LogP contribution >= 0.6 is 0 Å². The maximum atomic E-state index is 14.1. The number of nitrogens with zero attached hydrogens (tertiary/aromatic N) is 4. The van der Waals surface area contributed by atoms with E-state index in [2.05, 4.69) is 10.3 Å². The Morgan fingerprint density at radius 1 is 1.31 bits per heavy atom. The fraction of sp³-hybridized carbons (Fsp3) is 0.360. The van der Waals surface area contributed by atoms with E-state index in [1.165, 1.54) is 10.5 Å². The predicted molar refractivity (Wildman–Crippen MR) is 125 cm³/mol. The second-order valence-corrected chi connectivity index (χ2v) is 9.32. The van der Waals surface area contributed by atoms with Crippen molar-refractivity contribution in [3.8, 4) is 6.07 Å². The Morgan fingerprint density at radius 3 is 2.63 bits per heavy atom. The molecular weight excluding hydrogens is 456 g/mol. The van der Waals surface area contributed by atoms with Crippen molar-refractivity contribution < 1.29 is 18.7 Å². The number of aromatic carboxylic acids is 1. The number of carboxylic acids is 1. The van der Waals surface area contributed by atoms with E-state index in [-0.39, 0.29) is 35.7 Å².